The lowest BCUT2D eigenvalue weighted by Gasteiger charge is -2.11. The van der Waals surface area contributed by atoms with Gasteiger partial charge in [0.25, 0.3) is 0 Å². The van der Waals surface area contributed by atoms with Crippen molar-refractivity contribution in [2.24, 2.45) is 0 Å². The lowest BCUT2D eigenvalue weighted by molar-refractivity contribution is 0.753. The summed E-state index contributed by atoms with van der Waals surface area (Å²) in [5.74, 6) is 0. The normalized spacial score (nSPS) is 14.1. The SMILES string of the molecule is Cc1cc(C)cc(-c2cc3c4c(cccc4n2)CCCC3)c1. The molecular weight excluding hydrogens is 266 g/mol. The minimum absolute atomic E-state index is 1.12. The highest BCUT2D eigenvalue weighted by Crippen LogP contribution is 2.31. The van der Waals surface area contributed by atoms with E-state index in [1.807, 2.05) is 0 Å². The second-order valence-corrected chi connectivity index (χ2v) is 6.56. The molecule has 0 aliphatic heterocycles. The van der Waals surface area contributed by atoms with Crippen LogP contribution in [0.5, 0.6) is 0 Å². The van der Waals surface area contributed by atoms with Crippen molar-refractivity contribution in [1.29, 1.82) is 0 Å². The highest BCUT2D eigenvalue weighted by Gasteiger charge is 2.14. The van der Waals surface area contributed by atoms with Crippen LogP contribution in [0.2, 0.25) is 0 Å². The van der Waals surface area contributed by atoms with Crippen molar-refractivity contribution in [2.45, 2.75) is 39.5 Å². The Labute approximate surface area is 132 Å². The average Bonchev–Trinajstić information content (AvgIpc) is 2.70. The van der Waals surface area contributed by atoms with E-state index >= 15 is 0 Å². The molecule has 0 unspecified atom stereocenters. The van der Waals surface area contributed by atoms with Crippen LogP contribution in [0.1, 0.15) is 35.1 Å². The predicted molar refractivity (Wildman–Crippen MR) is 93.3 cm³/mol. The average molecular weight is 287 g/mol. The van der Waals surface area contributed by atoms with Crippen LogP contribution in [-0.4, -0.2) is 4.98 Å². The van der Waals surface area contributed by atoms with Gasteiger partial charge >= 0.3 is 0 Å². The Bertz CT molecular complexity index is 841. The third-order valence-electron chi connectivity index (χ3n) is 4.66. The first kappa shape index (κ1) is 13.5. The number of aryl methyl sites for hydroxylation is 4. The lowest BCUT2D eigenvalue weighted by Crippen LogP contribution is -1.94. The monoisotopic (exact) mass is 287 g/mol. The van der Waals surface area contributed by atoms with Gasteiger partial charge in [0.15, 0.2) is 0 Å². The van der Waals surface area contributed by atoms with E-state index in [1.54, 1.807) is 0 Å². The summed E-state index contributed by atoms with van der Waals surface area (Å²) in [6, 6.07) is 15.6. The molecule has 1 aliphatic rings. The summed E-state index contributed by atoms with van der Waals surface area (Å²) in [4.78, 5) is 4.97. The molecule has 0 spiro atoms. The third-order valence-corrected chi connectivity index (χ3v) is 4.66. The first-order chi connectivity index (χ1) is 10.7. The summed E-state index contributed by atoms with van der Waals surface area (Å²) in [5.41, 5.74) is 9.08. The first-order valence-electron chi connectivity index (χ1n) is 8.21. The summed E-state index contributed by atoms with van der Waals surface area (Å²) >= 11 is 0. The van der Waals surface area contributed by atoms with E-state index in [4.69, 9.17) is 4.98 Å². The van der Waals surface area contributed by atoms with Crippen molar-refractivity contribution in [3.8, 4) is 11.3 Å². The highest BCUT2D eigenvalue weighted by atomic mass is 14.7. The molecule has 4 rings (SSSR count). The van der Waals surface area contributed by atoms with E-state index in [0.29, 0.717) is 0 Å². The standard InChI is InChI=1S/C21H21N/c1-14-10-15(2)12-18(11-14)20-13-17-7-4-3-6-16-8-5-9-19(22-20)21(16)17/h5,8-13H,3-4,6-7H2,1-2H3. The van der Waals surface area contributed by atoms with Gasteiger partial charge in [0.05, 0.1) is 11.2 Å². The second-order valence-electron chi connectivity index (χ2n) is 6.56. The molecule has 110 valence electrons. The molecule has 0 saturated carbocycles. The fourth-order valence-electron chi connectivity index (χ4n) is 3.76. The van der Waals surface area contributed by atoms with Crippen molar-refractivity contribution in [3.63, 3.8) is 0 Å². The maximum Gasteiger partial charge on any atom is 0.0715 e. The molecule has 1 aromatic heterocycles. The summed E-state index contributed by atoms with van der Waals surface area (Å²) in [6.07, 6.45) is 4.93. The van der Waals surface area contributed by atoms with E-state index in [1.165, 1.54) is 58.9 Å². The van der Waals surface area contributed by atoms with Crippen LogP contribution in [-0.2, 0) is 12.8 Å². The molecule has 0 radical (unpaired) electrons. The minimum Gasteiger partial charge on any atom is -0.248 e. The smallest absolute Gasteiger partial charge is 0.0715 e. The van der Waals surface area contributed by atoms with Crippen molar-refractivity contribution in [3.05, 3.63) is 64.7 Å². The molecule has 22 heavy (non-hydrogen) atoms. The molecule has 0 bridgehead atoms. The summed E-state index contributed by atoms with van der Waals surface area (Å²) < 4.78 is 0. The molecule has 2 aromatic carbocycles. The van der Waals surface area contributed by atoms with Gasteiger partial charge in [-0.3, -0.25) is 0 Å². The molecule has 1 heterocycles. The van der Waals surface area contributed by atoms with Crippen LogP contribution in [0.15, 0.2) is 42.5 Å². The van der Waals surface area contributed by atoms with E-state index in [0.717, 1.165) is 11.2 Å². The van der Waals surface area contributed by atoms with Gasteiger partial charge in [-0.1, -0.05) is 29.3 Å². The molecule has 0 atom stereocenters. The van der Waals surface area contributed by atoms with Crippen LogP contribution in [0.25, 0.3) is 22.2 Å². The van der Waals surface area contributed by atoms with Gasteiger partial charge in [0, 0.05) is 10.9 Å². The molecule has 0 amide bonds. The molecule has 0 N–H and O–H groups in total. The first-order valence-corrected chi connectivity index (χ1v) is 8.21. The van der Waals surface area contributed by atoms with Crippen molar-refractivity contribution in [1.82, 2.24) is 4.98 Å². The highest BCUT2D eigenvalue weighted by molar-refractivity contribution is 5.88. The minimum atomic E-state index is 1.12. The molecule has 0 saturated heterocycles. The topological polar surface area (TPSA) is 12.9 Å². The Balaban J connectivity index is 1.98. The Hall–Kier alpha value is -2.15. The Morgan fingerprint density at radius 1 is 0.818 bits per heavy atom. The summed E-state index contributed by atoms with van der Waals surface area (Å²) in [5, 5.41) is 1.41. The maximum atomic E-state index is 4.97. The van der Waals surface area contributed by atoms with Crippen LogP contribution in [0, 0.1) is 13.8 Å². The molecule has 0 fully saturated rings. The number of benzene rings is 2. The zero-order valence-corrected chi connectivity index (χ0v) is 13.3. The Kier molecular flexibility index (Phi) is 3.22. The number of pyridine rings is 1. The van der Waals surface area contributed by atoms with Crippen molar-refractivity contribution >= 4 is 10.9 Å². The van der Waals surface area contributed by atoms with E-state index in [-0.39, 0.29) is 0 Å². The van der Waals surface area contributed by atoms with E-state index < -0.39 is 0 Å². The number of nitrogens with zero attached hydrogens (tertiary/aromatic N) is 1. The van der Waals surface area contributed by atoms with Gasteiger partial charge in [0.1, 0.15) is 0 Å². The quantitative estimate of drug-likeness (QED) is 0.584. The largest absolute Gasteiger partial charge is 0.248 e. The van der Waals surface area contributed by atoms with Crippen LogP contribution < -0.4 is 0 Å². The second kappa shape index (κ2) is 5.24. The van der Waals surface area contributed by atoms with Gasteiger partial charge < -0.3 is 0 Å². The summed E-state index contributed by atoms with van der Waals surface area (Å²) in [6.45, 7) is 4.31. The number of hydrogen-bond donors (Lipinski definition) is 0. The zero-order valence-electron chi connectivity index (χ0n) is 13.3. The van der Waals surface area contributed by atoms with E-state index in [9.17, 15) is 0 Å². The third kappa shape index (κ3) is 2.31. The molecule has 1 heteroatoms. The van der Waals surface area contributed by atoms with Crippen LogP contribution in [0.4, 0.5) is 0 Å². The Morgan fingerprint density at radius 2 is 1.55 bits per heavy atom. The van der Waals surface area contributed by atoms with Gasteiger partial charge in [-0.25, -0.2) is 4.98 Å². The van der Waals surface area contributed by atoms with E-state index in [2.05, 4.69) is 56.3 Å². The van der Waals surface area contributed by atoms with Gasteiger partial charge in [-0.2, -0.15) is 0 Å². The fourth-order valence-corrected chi connectivity index (χ4v) is 3.76. The molecule has 3 aromatic rings. The summed E-state index contributed by atoms with van der Waals surface area (Å²) in [7, 11) is 0. The van der Waals surface area contributed by atoms with Gasteiger partial charge in [-0.15, -0.1) is 0 Å². The van der Waals surface area contributed by atoms with Gasteiger partial charge in [0.2, 0.25) is 0 Å². The van der Waals surface area contributed by atoms with Crippen LogP contribution >= 0.6 is 0 Å². The molecular formula is C21H21N. The number of aromatic nitrogens is 1. The fraction of sp³-hybridized carbons (Fsp3) is 0.286. The zero-order chi connectivity index (χ0) is 15.1. The van der Waals surface area contributed by atoms with Crippen molar-refractivity contribution in [2.75, 3.05) is 0 Å². The van der Waals surface area contributed by atoms with Crippen molar-refractivity contribution < 1.29 is 0 Å². The number of hydrogen-bond acceptors (Lipinski definition) is 1. The van der Waals surface area contributed by atoms with Crippen LogP contribution in [0.3, 0.4) is 0 Å². The maximum absolute atomic E-state index is 4.97. The molecule has 1 nitrogen and oxygen atoms in total. The molecule has 1 aliphatic carbocycles. The predicted octanol–water partition coefficient (Wildman–Crippen LogP) is 5.40. The Morgan fingerprint density at radius 3 is 2.32 bits per heavy atom. The van der Waals surface area contributed by atoms with Gasteiger partial charge in [-0.05, 0) is 74.9 Å². The lowest BCUT2D eigenvalue weighted by atomic mass is 9.98. The number of rotatable bonds is 1.